The molecule has 2 N–H and O–H groups in total. The van der Waals surface area contributed by atoms with Gasteiger partial charge in [0.2, 0.25) is 0 Å². The maximum atomic E-state index is 6.23. The van der Waals surface area contributed by atoms with E-state index in [1.54, 1.807) is 11.3 Å². The fraction of sp³-hybridized carbons (Fsp3) is 0.769. The Balaban J connectivity index is 1.93. The molecule has 1 fully saturated rings. The SMILES string of the molecule is Cc1ncsc1CN(C)CC1(C)CCCC1N. The first-order valence-corrected chi connectivity index (χ1v) is 7.22. The minimum absolute atomic E-state index is 0.299. The lowest BCUT2D eigenvalue weighted by molar-refractivity contribution is 0.174. The molecule has 2 unspecified atom stereocenters. The lowest BCUT2D eigenvalue weighted by atomic mass is 9.84. The molecule has 0 aromatic carbocycles. The minimum atomic E-state index is 0.299. The van der Waals surface area contributed by atoms with Gasteiger partial charge in [-0.1, -0.05) is 13.3 Å². The summed E-state index contributed by atoms with van der Waals surface area (Å²) < 4.78 is 0. The average molecular weight is 253 g/mol. The average Bonchev–Trinajstić information content (AvgIpc) is 2.76. The molecule has 0 spiro atoms. The lowest BCUT2D eigenvalue weighted by Crippen LogP contribution is -2.42. The van der Waals surface area contributed by atoms with E-state index in [4.69, 9.17) is 5.73 Å². The smallest absolute Gasteiger partial charge is 0.0798 e. The van der Waals surface area contributed by atoms with Crippen molar-refractivity contribution >= 4 is 11.3 Å². The van der Waals surface area contributed by atoms with Crippen LogP contribution in [0.15, 0.2) is 5.51 Å². The van der Waals surface area contributed by atoms with Gasteiger partial charge in [-0.05, 0) is 32.2 Å². The van der Waals surface area contributed by atoms with Gasteiger partial charge in [-0.3, -0.25) is 0 Å². The Hall–Kier alpha value is -0.450. The van der Waals surface area contributed by atoms with E-state index in [0.717, 1.165) is 13.1 Å². The number of rotatable bonds is 4. The van der Waals surface area contributed by atoms with Crippen LogP contribution >= 0.6 is 11.3 Å². The molecule has 96 valence electrons. The van der Waals surface area contributed by atoms with Gasteiger partial charge in [0.25, 0.3) is 0 Å². The van der Waals surface area contributed by atoms with E-state index in [9.17, 15) is 0 Å². The first kappa shape index (κ1) is 13.0. The van der Waals surface area contributed by atoms with Crippen molar-refractivity contribution < 1.29 is 0 Å². The van der Waals surface area contributed by atoms with Crippen molar-refractivity contribution in [3.8, 4) is 0 Å². The molecule has 4 heteroatoms. The summed E-state index contributed by atoms with van der Waals surface area (Å²) in [6, 6.07) is 0.368. The molecule has 1 saturated carbocycles. The zero-order valence-corrected chi connectivity index (χ0v) is 11.9. The molecule has 1 aliphatic rings. The van der Waals surface area contributed by atoms with Crippen LogP contribution in [0.5, 0.6) is 0 Å². The van der Waals surface area contributed by atoms with Gasteiger partial charge in [0.15, 0.2) is 0 Å². The Labute approximate surface area is 108 Å². The van der Waals surface area contributed by atoms with Crippen molar-refractivity contribution in [1.82, 2.24) is 9.88 Å². The molecule has 1 aromatic rings. The highest BCUT2D eigenvalue weighted by Gasteiger charge is 2.37. The highest BCUT2D eigenvalue weighted by atomic mass is 32.1. The molecule has 1 heterocycles. The Morgan fingerprint density at radius 1 is 1.65 bits per heavy atom. The maximum absolute atomic E-state index is 6.23. The van der Waals surface area contributed by atoms with Gasteiger partial charge in [-0.2, -0.15) is 0 Å². The molecule has 2 rings (SSSR count). The first-order valence-electron chi connectivity index (χ1n) is 6.34. The fourth-order valence-electron chi connectivity index (χ4n) is 2.85. The predicted molar refractivity (Wildman–Crippen MR) is 73.1 cm³/mol. The minimum Gasteiger partial charge on any atom is -0.327 e. The number of hydrogen-bond acceptors (Lipinski definition) is 4. The molecular formula is C13H23N3S. The molecule has 2 atom stereocenters. The second-order valence-electron chi connectivity index (χ2n) is 5.69. The molecule has 0 bridgehead atoms. The van der Waals surface area contributed by atoms with Crippen LogP contribution in [0.25, 0.3) is 0 Å². The van der Waals surface area contributed by atoms with Crippen molar-refractivity contribution in [1.29, 1.82) is 0 Å². The van der Waals surface area contributed by atoms with Gasteiger partial charge < -0.3 is 10.6 Å². The van der Waals surface area contributed by atoms with Crippen molar-refractivity contribution in [3.05, 3.63) is 16.1 Å². The van der Waals surface area contributed by atoms with Gasteiger partial charge in [-0.25, -0.2) is 4.98 Å². The second-order valence-corrected chi connectivity index (χ2v) is 6.63. The highest BCUT2D eigenvalue weighted by Crippen LogP contribution is 2.37. The highest BCUT2D eigenvalue weighted by molar-refractivity contribution is 7.09. The Bertz CT molecular complexity index is 376. The van der Waals surface area contributed by atoms with Crippen LogP contribution in [-0.2, 0) is 6.54 Å². The summed E-state index contributed by atoms with van der Waals surface area (Å²) in [6.07, 6.45) is 3.73. The lowest BCUT2D eigenvalue weighted by Gasteiger charge is -2.33. The quantitative estimate of drug-likeness (QED) is 0.896. The number of aromatic nitrogens is 1. The molecule has 0 radical (unpaired) electrons. The van der Waals surface area contributed by atoms with Crippen LogP contribution < -0.4 is 5.73 Å². The van der Waals surface area contributed by atoms with E-state index in [2.05, 4.69) is 30.8 Å². The molecule has 17 heavy (non-hydrogen) atoms. The number of aryl methyl sites for hydroxylation is 1. The van der Waals surface area contributed by atoms with Crippen molar-refractivity contribution in [2.24, 2.45) is 11.1 Å². The van der Waals surface area contributed by atoms with Gasteiger partial charge in [0.1, 0.15) is 0 Å². The van der Waals surface area contributed by atoms with Gasteiger partial charge in [0, 0.05) is 24.0 Å². The summed E-state index contributed by atoms with van der Waals surface area (Å²) in [5.74, 6) is 0. The standard InChI is InChI=1S/C13H23N3S/c1-10-11(17-9-15-10)7-16(3)8-13(2)6-4-5-12(13)14/h9,12H,4-8,14H2,1-3H3. The van der Waals surface area contributed by atoms with Crippen LogP contribution in [-0.4, -0.2) is 29.5 Å². The Morgan fingerprint density at radius 3 is 2.94 bits per heavy atom. The molecule has 3 nitrogen and oxygen atoms in total. The van der Waals surface area contributed by atoms with Crippen molar-refractivity contribution in [2.45, 2.75) is 45.7 Å². The molecule has 0 amide bonds. The van der Waals surface area contributed by atoms with Crippen LogP contribution in [0.3, 0.4) is 0 Å². The monoisotopic (exact) mass is 253 g/mol. The van der Waals surface area contributed by atoms with Crippen molar-refractivity contribution in [3.63, 3.8) is 0 Å². The zero-order valence-electron chi connectivity index (χ0n) is 11.1. The van der Waals surface area contributed by atoms with Crippen LogP contribution in [0.4, 0.5) is 0 Å². The van der Waals surface area contributed by atoms with Crippen LogP contribution in [0, 0.1) is 12.3 Å². The number of thiazole rings is 1. The van der Waals surface area contributed by atoms with Gasteiger partial charge in [0.05, 0.1) is 11.2 Å². The van der Waals surface area contributed by atoms with E-state index < -0.39 is 0 Å². The summed E-state index contributed by atoms with van der Waals surface area (Å²) in [5.41, 5.74) is 9.63. The molecule has 1 aromatic heterocycles. The van der Waals surface area contributed by atoms with Crippen LogP contribution in [0.1, 0.15) is 36.8 Å². The van der Waals surface area contributed by atoms with Gasteiger partial charge >= 0.3 is 0 Å². The fourth-order valence-corrected chi connectivity index (χ4v) is 3.71. The number of nitrogens with zero attached hydrogens (tertiary/aromatic N) is 2. The molecule has 1 aliphatic carbocycles. The van der Waals surface area contributed by atoms with E-state index in [0.29, 0.717) is 11.5 Å². The Morgan fingerprint density at radius 2 is 2.41 bits per heavy atom. The topological polar surface area (TPSA) is 42.2 Å². The number of nitrogens with two attached hydrogens (primary N) is 1. The predicted octanol–water partition coefficient (Wildman–Crippen LogP) is 2.40. The summed E-state index contributed by atoms with van der Waals surface area (Å²) in [5, 5.41) is 0. The third-order valence-electron chi connectivity index (χ3n) is 4.05. The van der Waals surface area contributed by atoms with Crippen molar-refractivity contribution in [2.75, 3.05) is 13.6 Å². The summed E-state index contributed by atoms with van der Waals surface area (Å²) >= 11 is 1.75. The second kappa shape index (κ2) is 5.04. The maximum Gasteiger partial charge on any atom is 0.0798 e. The van der Waals surface area contributed by atoms with E-state index >= 15 is 0 Å². The third kappa shape index (κ3) is 2.87. The molecular weight excluding hydrogens is 230 g/mol. The Kier molecular flexibility index (Phi) is 3.85. The normalized spacial score (nSPS) is 29.1. The third-order valence-corrected chi connectivity index (χ3v) is 4.97. The largest absolute Gasteiger partial charge is 0.327 e. The van der Waals surface area contributed by atoms with E-state index in [-0.39, 0.29) is 0 Å². The summed E-state index contributed by atoms with van der Waals surface area (Å²) in [4.78, 5) is 8.07. The first-order chi connectivity index (χ1) is 8.01. The molecule has 0 aliphatic heterocycles. The van der Waals surface area contributed by atoms with E-state index in [1.807, 2.05) is 5.51 Å². The summed E-state index contributed by atoms with van der Waals surface area (Å²) in [6.45, 7) is 6.51. The summed E-state index contributed by atoms with van der Waals surface area (Å²) in [7, 11) is 2.19. The molecule has 0 saturated heterocycles. The van der Waals surface area contributed by atoms with Gasteiger partial charge in [-0.15, -0.1) is 11.3 Å². The van der Waals surface area contributed by atoms with E-state index in [1.165, 1.54) is 29.8 Å². The zero-order chi connectivity index (χ0) is 12.5. The number of hydrogen-bond donors (Lipinski definition) is 1. The van der Waals surface area contributed by atoms with Crippen LogP contribution in [0.2, 0.25) is 0 Å².